The summed E-state index contributed by atoms with van der Waals surface area (Å²) in [5, 5.41) is 0. The zero-order valence-electron chi connectivity index (χ0n) is 18.8. The molecule has 0 radical (unpaired) electrons. The molecule has 3 aromatic rings. The van der Waals surface area contributed by atoms with E-state index in [1.165, 1.54) is 0 Å². The molecule has 2 N–H and O–H groups in total. The predicted octanol–water partition coefficient (Wildman–Crippen LogP) is 2.59. The number of nitrogens with two attached hydrogens (primary N) is 1. The van der Waals surface area contributed by atoms with Gasteiger partial charge in [-0.05, 0) is 0 Å². The van der Waals surface area contributed by atoms with Crippen molar-refractivity contribution in [2.45, 2.75) is 12.5 Å². The van der Waals surface area contributed by atoms with Gasteiger partial charge in [-0.25, -0.2) is 0 Å². The standard InChI is InChI=1S/C29H23INO4/c31-29(33)22-10-8-21(9-11-22)28(20-7-4-14-30-15-12-20)35-27-18-26-24(25(32)13-16-34-26)17-23(27)19-5-2-1-3-6-19/h1-12,14-15,17-18,28H,13,16H2,(H2,31,33)/q-1/t28-/m0/s1. The Morgan fingerprint density at radius 2 is 1.80 bits per heavy atom. The molecule has 0 spiro atoms. The van der Waals surface area contributed by atoms with Gasteiger partial charge in [-0.1, -0.05) is 0 Å². The fourth-order valence-electron chi connectivity index (χ4n) is 4.08. The van der Waals surface area contributed by atoms with E-state index in [2.05, 4.69) is 26.4 Å². The Labute approximate surface area is 214 Å². The number of carbonyl (C=O) groups excluding carboxylic acids is 2. The second kappa shape index (κ2) is 10.3. The van der Waals surface area contributed by atoms with Crippen LogP contribution in [0.4, 0.5) is 0 Å². The maximum atomic E-state index is 12.6. The van der Waals surface area contributed by atoms with Crippen molar-refractivity contribution >= 4 is 11.7 Å². The first-order valence-corrected chi connectivity index (χ1v) is 13.7. The summed E-state index contributed by atoms with van der Waals surface area (Å²) in [6.45, 7) is 0.357. The van der Waals surface area contributed by atoms with E-state index in [0.717, 1.165) is 22.3 Å². The molecule has 0 bridgehead atoms. The number of primary amides is 1. The number of halogens is 1. The topological polar surface area (TPSA) is 78.6 Å². The number of amides is 1. The van der Waals surface area contributed by atoms with E-state index >= 15 is 0 Å². The summed E-state index contributed by atoms with van der Waals surface area (Å²) in [6.07, 6.45) is 6.13. The molecule has 5 rings (SSSR count). The summed E-state index contributed by atoms with van der Waals surface area (Å²) < 4.78 is 16.9. The summed E-state index contributed by atoms with van der Waals surface area (Å²) in [5.41, 5.74) is 10.1. The maximum absolute atomic E-state index is 12.6. The molecule has 1 atom stereocenters. The number of ketones is 1. The third-order valence-electron chi connectivity index (χ3n) is 5.86. The van der Waals surface area contributed by atoms with Gasteiger partial charge in [-0.2, -0.15) is 0 Å². The molecule has 0 saturated carbocycles. The van der Waals surface area contributed by atoms with Crippen LogP contribution < -0.4 is 36.4 Å². The summed E-state index contributed by atoms with van der Waals surface area (Å²) in [4.78, 5) is 24.2. The molecular weight excluding hydrogens is 553 g/mol. The summed E-state index contributed by atoms with van der Waals surface area (Å²) >= 11 is -0.153. The number of allylic oxidation sites excluding steroid dienone is 2. The van der Waals surface area contributed by atoms with E-state index < -0.39 is 12.0 Å². The molecule has 5 nitrogen and oxygen atoms in total. The van der Waals surface area contributed by atoms with Gasteiger partial charge >= 0.3 is 215 Å². The van der Waals surface area contributed by atoms with Gasteiger partial charge in [0.05, 0.1) is 0 Å². The van der Waals surface area contributed by atoms with Crippen LogP contribution in [-0.4, -0.2) is 18.3 Å². The Bertz CT molecular complexity index is 1360. The Balaban J connectivity index is 1.63. The van der Waals surface area contributed by atoms with Crippen LogP contribution in [0, 0.1) is 0 Å². The number of benzene rings is 3. The van der Waals surface area contributed by atoms with Crippen molar-refractivity contribution in [3.8, 4) is 22.6 Å². The zero-order chi connectivity index (χ0) is 24.2. The van der Waals surface area contributed by atoms with Crippen LogP contribution in [0.1, 0.15) is 38.8 Å². The molecule has 6 heteroatoms. The number of fused-ring (bicyclic) bond motifs is 1. The molecule has 1 amide bonds. The van der Waals surface area contributed by atoms with Gasteiger partial charge in [0.1, 0.15) is 0 Å². The van der Waals surface area contributed by atoms with Crippen molar-refractivity contribution in [2.24, 2.45) is 5.73 Å². The van der Waals surface area contributed by atoms with Crippen molar-refractivity contribution in [1.82, 2.24) is 0 Å². The van der Waals surface area contributed by atoms with E-state index in [0.29, 0.717) is 35.7 Å². The Morgan fingerprint density at radius 1 is 1.00 bits per heavy atom. The summed E-state index contributed by atoms with van der Waals surface area (Å²) in [5.74, 6) is 0.746. The number of ether oxygens (including phenoxy) is 2. The van der Waals surface area contributed by atoms with Crippen LogP contribution in [0.15, 0.2) is 98.7 Å². The molecule has 0 saturated heterocycles. The SMILES string of the molecule is NC(=O)c1ccc([C@@H](Oc2cc3c(cc2-c2ccccc2)C(=O)CCO3)C2=CC=C[I-]C=C2)cc1. The second-order valence-electron chi connectivity index (χ2n) is 8.12. The van der Waals surface area contributed by atoms with E-state index in [1.807, 2.05) is 54.6 Å². The van der Waals surface area contributed by atoms with Gasteiger partial charge in [0.2, 0.25) is 0 Å². The van der Waals surface area contributed by atoms with Crippen molar-refractivity contribution in [1.29, 1.82) is 0 Å². The van der Waals surface area contributed by atoms with Crippen molar-refractivity contribution in [3.63, 3.8) is 0 Å². The molecule has 0 fully saturated rings. The van der Waals surface area contributed by atoms with Crippen LogP contribution in [0.2, 0.25) is 0 Å². The van der Waals surface area contributed by atoms with Crippen molar-refractivity contribution in [3.05, 3.63) is 115 Å². The average Bonchev–Trinajstić information content (AvgIpc) is 3.17. The van der Waals surface area contributed by atoms with Crippen molar-refractivity contribution in [2.75, 3.05) is 6.61 Å². The second-order valence-corrected chi connectivity index (χ2v) is 10.3. The van der Waals surface area contributed by atoms with E-state index in [-0.39, 0.29) is 27.0 Å². The van der Waals surface area contributed by atoms with Crippen LogP contribution >= 0.6 is 0 Å². The van der Waals surface area contributed by atoms with Crippen molar-refractivity contribution < 1.29 is 40.3 Å². The van der Waals surface area contributed by atoms with Gasteiger partial charge in [-0.15, -0.1) is 0 Å². The Morgan fingerprint density at radius 3 is 2.57 bits per heavy atom. The summed E-state index contributed by atoms with van der Waals surface area (Å²) in [6, 6.07) is 20.7. The first-order chi connectivity index (χ1) is 17.1. The first-order valence-electron chi connectivity index (χ1n) is 11.2. The molecule has 3 aromatic carbocycles. The van der Waals surface area contributed by atoms with Gasteiger partial charge < -0.3 is 0 Å². The minimum atomic E-state index is -0.474. The number of rotatable bonds is 6. The normalized spacial score (nSPS) is 15.7. The minimum absolute atomic E-state index is 0.0667. The Kier molecular flexibility index (Phi) is 6.81. The molecule has 0 aromatic heterocycles. The number of hydrogen-bond acceptors (Lipinski definition) is 4. The molecular formula is C29H23INO4-. The van der Waals surface area contributed by atoms with Gasteiger partial charge in [0, 0.05) is 0 Å². The van der Waals surface area contributed by atoms with Crippen LogP contribution in [0.5, 0.6) is 11.5 Å². The first kappa shape index (κ1) is 23.1. The fourth-order valence-corrected chi connectivity index (χ4v) is 5.39. The zero-order valence-corrected chi connectivity index (χ0v) is 21.0. The number of hydrogen-bond donors (Lipinski definition) is 1. The third-order valence-corrected chi connectivity index (χ3v) is 7.47. The summed E-state index contributed by atoms with van der Waals surface area (Å²) in [7, 11) is 0. The number of Topliss-reactive ketones (excluding diaryl/α,β-unsaturated/α-hetero) is 1. The van der Waals surface area contributed by atoms with E-state index in [1.54, 1.807) is 12.1 Å². The van der Waals surface area contributed by atoms with Crippen LogP contribution in [0.3, 0.4) is 0 Å². The van der Waals surface area contributed by atoms with Gasteiger partial charge in [-0.3, -0.25) is 0 Å². The van der Waals surface area contributed by atoms with Crippen LogP contribution in [0.25, 0.3) is 11.1 Å². The monoisotopic (exact) mass is 576 g/mol. The third kappa shape index (κ3) is 5.07. The van der Waals surface area contributed by atoms with Gasteiger partial charge in [0.25, 0.3) is 0 Å². The quantitative estimate of drug-likeness (QED) is 0.458. The molecule has 2 heterocycles. The molecule has 176 valence electrons. The molecule has 2 aliphatic heterocycles. The number of carbonyl (C=O) groups is 2. The average molecular weight is 576 g/mol. The predicted molar refractivity (Wildman–Crippen MR) is 131 cm³/mol. The van der Waals surface area contributed by atoms with Crippen LogP contribution in [-0.2, 0) is 0 Å². The molecule has 2 aliphatic rings. The molecule has 0 unspecified atom stereocenters. The van der Waals surface area contributed by atoms with E-state index in [4.69, 9.17) is 15.2 Å². The molecule has 35 heavy (non-hydrogen) atoms. The molecule has 0 aliphatic carbocycles. The Hall–Kier alpha value is -3.65. The van der Waals surface area contributed by atoms with E-state index in [9.17, 15) is 9.59 Å². The fraction of sp³-hybridized carbons (Fsp3) is 0.103. The van der Waals surface area contributed by atoms with Gasteiger partial charge in [0.15, 0.2) is 0 Å².